The van der Waals surface area contributed by atoms with Gasteiger partial charge in [0.25, 0.3) is 5.71 Å². The van der Waals surface area contributed by atoms with Crippen molar-refractivity contribution >= 4 is 21.1 Å². The molecular weight excluding hydrogens is 354 g/mol. The van der Waals surface area contributed by atoms with Gasteiger partial charge in [-0.3, -0.25) is 0 Å². The quantitative estimate of drug-likeness (QED) is 0.678. The molecule has 3 aromatic heterocycles. The topological polar surface area (TPSA) is 94.1 Å². The standard InChI is InChI=1S/C17H21N5O3S/c1-3-15-14-8-13(9-18-17(14)25-20-15)26(23,24)21(2)10-12-11-22-7-5-4-6-16(22)19-12/h8-9,11H,3-7,10H2,1-2H3. The van der Waals surface area contributed by atoms with Crippen LogP contribution in [0.25, 0.3) is 11.1 Å². The number of aryl methyl sites for hydroxylation is 3. The molecule has 9 heteroatoms. The lowest BCUT2D eigenvalue weighted by Crippen LogP contribution is -2.26. The lowest BCUT2D eigenvalue weighted by molar-refractivity contribution is 0.439. The van der Waals surface area contributed by atoms with Crippen LogP contribution in [0.5, 0.6) is 0 Å². The van der Waals surface area contributed by atoms with Crippen LogP contribution in [0.4, 0.5) is 0 Å². The van der Waals surface area contributed by atoms with Gasteiger partial charge in [0.05, 0.1) is 29.5 Å². The fraction of sp³-hybridized carbons (Fsp3) is 0.471. The monoisotopic (exact) mass is 375 g/mol. The zero-order chi connectivity index (χ0) is 18.3. The Bertz CT molecular complexity index is 1030. The first-order valence-electron chi connectivity index (χ1n) is 8.74. The summed E-state index contributed by atoms with van der Waals surface area (Å²) in [7, 11) is -2.12. The van der Waals surface area contributed by atoms with Gasteiger partial charge in [-0.05, 0) is 25.3 Å². The van der Waals surface area contributed by atoms with Crippen molar-refractivity contribution < 1.29 is 12.9 Å². The van der Waals surface area contributed by atoms with Crippen LogP contribution in [-0.2, 0) is 36.0 Å². The molecule has 0 aromatic carbocycles. The molecule has 4 rings (SSSR count). The summed E-state index contributed by atoms with van der Waals surface area (Å²) in [4.78, 5) is 8.82. The molecule has 0 saturated carbocycles. The minimum Gasteiger partial charge on any atom is -0.336 e. The van der Waals surface area contributed by atoms with E-state index in [2.05, 4.69) is 19.7 Å². The molecule has 138 valence electrons. The van der Waals surface area contributed by atoms with Crippen molar-refractivity contribution in [2.75, 3.05) is 7.05 Å². The first-order chi connectivity index (χ1) is 12.5. The van der Waals surface area contributed by atoms with Gasteiger partial charge in [-0.25, -0.2) is 18.4 Å². The van der Waals surface area contributed by atoms with E-state index < -0.39 is 10.0 Å². The third kappa shape index (κ3) is 2.90. The molecular formula is C17H21N5O3S. The van der Waals surface area contributed by atoms with Gasteiger partial charge in [0.2, 0.25) is 10.0 Å². The highest BCUT2D eigenvalue weighted by atomic mass is 32.2. The summed E-state index contributed by atoms with van der Waals surface area (Å²) in [5.74, 6) is 1.04. The van der Waals surface area contributed by atoms with E-state index in [1.54, 1.807) is 13.1 Å². The van der Waals surface area contributed by atoms with Crippen LogP contribution in [0.3, 0.4) is 0 Å². The van der Waals surface area contributed by atoms with E-state index in [1.165, 1.54) is 10.5 Å². The van der Waals surface area contributed by atoms with Crippen LogP contribution < -0.4 is 0 Å². The molecule has 0 fully saturated rings. The highest BCUT2D eigenvalue weighted by Crippen LogP contribution is 2.23. The van der Waals surface area contributed by atoms with Crippen molar-refractivity contribution in [2.24, 2.45) is 0 Å². The molecule has 26 heavy (non-hydrogen) atoms. The van der Waals surface area contributed by atoms with E-state index in [0.29, 0.717) is 23.2 Å². The maximum absolute atomic E-state index is 12.9. The van der Waals surface area contributed by atoms with Gasteiger partial charge in [-0.15, -0.1) is 0 Å². The molecule has 3 aromatic rings. The Balaban J connectivity index is 1.62. The molecule has 0 saturated heterocycles. The van der Waals surface area contributed by atoms with E-state index in [9.17, 15) is 8.42 Å². The predicted molar refractivity (Wildman–Crippen MR) is 95.0 cm³/mol. The molecule has 1 aliphatic rings. The molecule has 0 radical (unpaired) electrons. The van der Waals surface area contributed by atoms with Crippen LogP contribution >= 0.6 is 0 Å². The summed E-state index contributed by atoms with van der Waals surface area (Å²) in [5, 5.41) is 4.57. The van der Waals surface area contributed by atoms with Gasteiger partial charge in [0, 0.05) is 26.2 Å². The zero-order valence-corrected chi connectivity index (χ0v) is 15.7. The molecule has 4 heterocycles. The summed E-state index contributed by atoms with van der Waals surface area (Å²) >= 11 is 0. The molecule has 0 unspecified atom stereocenters. The van der Waals surface area contributed by atoms with Crippen molar-refractivity contribution in [1.29, 1.82) is 0 Å². The molecule has 0 aliphatic carbocycles. The minimum atomic E-state index is -3.68. The SMILES string of the molecule is CCc1noc2ncc(S(=O)(=O)N(C)Cc3cn4c(n3)CCCC4)cc12. The predicted octanol–water partition coefficient (Wildman–Crippen LogP) is 2.14. The summed E-state index contributed by atoms with van der Waals surface area (Å²) < 4.78 is 34.4. The van der Waals surface area contributed by atoms with Crippen molar-refractivity contribution in [3.63, 3.8) is 0 Å². The number of hydrogen-bond acceptors (Lipinski definition) is 6. The van der Waals surface area contributed by atoms with Gasteiger partial charge in [0.1, 0.15) is 10.7 Å². The lowest BCUT2D eigenvalue weighted by Gasteiger charge is -2.15. The van der Waals surface area contributed by atoms with Crippen LogP contribution in [0, 0.1) is 0 Å². The lowest BCUT2D eigenvalue weighted by atomic mass is 10.2. The van der Waals surface area contributed by atoms with E-state index in [-0.39, 0.29) is 11.4 Å². The second-order valence-electron chi connectivity index (χ2n) is 6.57. The molecule has 0 spiro atoms. The number of hydrogen-bond donors (Lipinski definition) is 0. The van der Waals surface area contributed by atoms with Gasteiger partial charge in [0.15, 0.2) is 0 Å². The molecule has 1 aliphatic heterocycles. The van der Waals surface area contributed by atoms with Crippen molar-refractivity contribution in [3.05, 3.63) is 35.7 Å². The van der Waals surface area contributed by atoms with Crippen LogP contribution in [0.15, 0.2) is 27.9 Å². The Hall–Kier alpha value is -2.26. The fourth-order valence-electron chi connectivity index (χ4n) is 3.30. The number of imidazole rings is 1. The molecule has 0 N–H and O–H groups in total. The summed E-state index contributed by atoms with van der Waals surface area (Å²) in [5.41, 5.74) is 1.82. The van der Waals surface area contributed by atoms with Gasteiger partial charge in [-0.2, -0.15) is 4.31 Å². The smallest absolute Gasteiger partial charge is 0.258 e. The first kappa shape index (κ1) is 17.2. The maximum atomic E-state index is 12.9. The Morgan fingerprint density at radius 3 is 2.96 bits per heavy atom. The van der Waals surface area contributed by atoms with Crippen molar-refractivity contribution in [3.8, 4) is 0 Å². The number of pyridine rings is 1. The Kier molecular flexibility index (Phi) is 4.28. The number of sulfonamides is 1. The summed E-state index contributed by atoms with van der Waals surface area (Å²) in [6.45, 7) is 3.11. The Morgan fingerprint density at radius 2 is 2.19 bits per heavy atom. The third-order valence-electron chi connectivity index (χ3n) is 4.77. The highest BCUT2D eigenvalue weighted by Gasteiger charge is 2.24. The number of fused-ring (bicyclic) bond motifs is 2. The van der Waals surface area contributed by atoms with Gasteiger partial charge >= 0.3 is 0 Å². The molecule has 0 amide bonds. The van der Waals surface area contributed by atoms with E-state index in [0.717, 1.165) is 37.3 Å². The summed E-state index contributed by atoms with van der Waals surface area (Å²) in [6.07, 6.45) is 7.14. The Morgan fingerprint density at radius 1 is 1.35 bits per heavy atom. The molecule has 0 atom stereocenters. The van der Waals surface area contributed by atoms with Crippen LogP contribution in [0.1, 0.15) is 37.0 Å². The highest BCUT2D eigenvalue weighted by molar-refractivity contribution is 7.89. The first-order valence-corrected chi connectivity index (χ1v) is 10.2. The second kappa shape index (κ2) is 6.48. The van der Waals surface area contributed by atoms with E-state index in [1.807, 2.05) is 13.1 Å². The average Bonchev–Trinajstić information content (AvgIpc) is 3.23. The van der Waals surface area contributed by atoms with Gasteiger partial charge < -0.3 is 9.09 Å². The fourth-order valence-corrected chi connectivity index (χ4v) is 4.41. The van der Waals surface area contributed by atoms with Crippen molar-refractivity contribution in [2.45, 2.75) is 50.6 Å². The Labute approximate surface area is 151 Å². The average molecular weight is 375 g/mol. The zero-order valence-electron chi connectivity index (χ0n) is 14.8. The number of rotatable bonds is 5. The normalized spacial score (nSPS) is 14.9. The third-order valence-corrected chi connectivity index (χ3v) is 6.53. The number of aromatic nitrogens is 4. The largest absolute Gasteiger partial charge is 0.336 e. The van der Waals surface area contributed by atoms with Crippen LogP contribution in [-0.4, -0.2) is 39.5 Å². The number of nitrogens with zero attached hydrogens (tertiary/aromatic N) is 5. The molecule has 0 bridgehead atoms. The van der Waals surface area contributed by atoms with Crippen molar-refractivity contribution in [1.82, 2.24) is 24.0 Å². The molecule has 8 nitrogen and oxygen atoms in total. The maximum Gasteiger partial charge on any atom is 0.258 e. The minimum absolute atomic E-state index is 0.134. The van der Waals surface area contributed by atoms with Gasteiger partial charge in [-0.1, -0.05) is 12.1 Å². The summed E-state index contributed by atoms with van der Waals surface area (Å²) in [6, 6.07) is 1.59. The second-order valence-corrected chi connectivity index (χ2v) is 8.61. The van der Waals surface area contributed by atoms with Crippen LogP contribution in [0.2, 0.25) is 0 Å². The van der Waals surface area contributed by atoms with E-state index in [4.69, 9.17) is 4.52 Å². The van der Waals surface area contributed by atoms with E-state index >= 15 is 0 Å².